The van der Waals surface area contributed by atoms with Crippen LogP contribution >= 0.6 is 0 Å². The maximum Gasteiger partial charge on any atom is 0.218 e. The summed E-state index contributed by atoms with van der Waals surface area (Å²) in [6.07, 6.45) is 0. The molecule has 1 fully saturated rings. The number of nitrogens with one attached hydrogen (secondary N) is 2. The molecule has 1 aliphatic rings. The summed E-state index contributed by atoms with van der Waals surface area (Å²) in [4.78, 5) is 4.27. The zero-order valence-corrected chi connectivity index (χ0v) is 18.4. The fraction of sp³-hybridized carbons (Fsp3) is 0.409. The van der Waals surface area contributed by atoms with Gasteiger partial charge in [-0.1, -0.05) is 54.1 Å². The van der Waals surface area contributed by atoms with Gasteiger partial charge in [0, 0.05) is 33.2 Å². The van der Waals surface area contributed by atoms with Gasteiger partial charge in [-0.25, -0.2) is 8.42 Å². The molecule has 8 heteroatoms. The lowest BCUT2D eigenvalue weighted by Gasteiger charge is -2.26. The number of aliphatic imine (C=N–C) groups is 1. The molecule has 2 aromatic rings. The quantitative estimate of drug-likeness (QED) is 0.519. The fourth-order valence-corrected chi connectivity index (χ4v) is 4.95. The first-order valence-corrected chi connectivity index (χ1v) is 11.7. The van der Waals surface area contributed by atoms with Crippen LogP contribution in [0.1, 0.15) is 22.3 Å². The van der Waals surface area contributed by atoms with Crippen molar-refractivity contribution in [2.75, 3.05) is 33.4 Å². The molecule has 0 atom stereocenters. The van der Waals surface area contributed by atoms with Crippen LogP contribution in [0.5, 0.6) is 0 Å². The van der Waals surface area contributed by atoms with Crippen molar-refractivity contribution in [3.63, 3.8) is 0 Å². The average molecular weight is 431 g/mol. The first-order chi connectivity index (χ1) is 14.5. The standard InChI is InChI=1S/C22H30N4O3S/c1-18-6-5-7-19(14-18)15-24-22(23-2)25-16-20-8-3-4-9-21(20)17-30(27,28)26-10-12-29-13-11-26/h3-9,14H,10-13,15-17H2,1-2H3,(H2,23,24,25). The molecule has 1 aliphatic heterocycles. The lowest BCUT2D eigenvalue weighted by molar-refractivity contribution is 0.0729. The Bertz CT molecular complexity index is 970. The zero-order chi connectivity index (χ0) is 21.4. The largest absolute Gasteiger partial charge is 0.379 e. The van der Waals surface area contributed by atoms with Gasteiger partial charge in [-0.05, 0) is 23.6 Å². The maximum atomic E-state index is 12.8. The predicted molar refractivity (Wildman–Crippen MR) is 120 cm³/mol. The third-order valence-corrected chi connectivity index (χ3v) is 6.86. The highest BCUT2D eigenvalue weighted by molar-refractivity contribution is 7.88. The average Bonchev–Trinajstić information content (AvgIpc) is 2.75. The maximum absolute atomic E-state index is 12.8. The van der Waals surface area contributed by atoms with Crippen LogP contribution in [0.3, 0.4) is 0 Å². The molecule has 0 radical (unpaired) electrons. The van der Waals surface area contributed by atoms with Crippen LogP contribution in [-0.2, 0) is 33.6 Å². The van der Waals surface area contributed by atoms with E-state index in [9.17, 15) is 8.42 Å². The van der Waals surface area contributed by atoms with E-state index in [0.29, 0.717) is 45.4 Å². The van der Waals surface area contributed by atoms with Crippen molar-refractivity contribution in [2.45, 2.75) is 25.8 Å². The first-order valence-electron chi connectivity index (χ1n) is 10.1. The second-order valence-corrected chi connectivity index (χ2v) is 9.27. The summed E-state index contributed by atoms with van der Waals surface area (Å²) < 4.78 is 32.4. The summed E-state index contributed by atoms with van der Waals surface area (Å²) in [6, 6.07) is 15.9. The number of aryl methyl sites for hydroxylation is 1. The van der Waals surface area contributed by atoms with Gasteiger partial charge >= 0.3 is 0 Å². The number of hydrogen-bond acceptors (Lipinski definition) is 4. The van der Waals surface area contributed by atoms with Gasteiger partial charge in [0.2, 0.25) is 10.0 Å². The highest BCUT2D eigenvalue weighted by Gasteiger charge is 2.25. The molecule has 0 spiro atoms. The molecule has 1 heterocycles. The molecule has 0 aromatic heterocycles. The van der Waals surface area contributed by atoms with E-state index in [2.05, 4.69) is 40.7 Å². The Balaban J connectivity index is 1.61. The molecular formula is C22H30N4O3S. The lowest BCUT2D eigenvalue weighted by atomic mass is 10.1. The number of morpholine rings is 1. The van der Waals surface area contributed by atoms with Gasteiger partial charge in [-0.15, -0.1) is 0 Å². The Labute approximate surface area is 179 Å². The van der Waals surface area contributed by atoms with Crippen molar-refractivity contribution in [1.82, 2.24) is 14.9 Å². The highest BCUT2D eigenvalue weighted by atomic mass is 32.2. The van der Waals surface area contributed by atoms with E-state index in [1.165, 1.54) is 15.4 Å². The SMILES string of the molecule is CN=C(NCc1cccc(C)c1)NCc1ccccc1CS(=O)(=O)N1CCOCC1. The van der Waals surface area contributed by atoms with Crippen LogP contribution in [0.4, 0.5) is 0 Å². The Morgan fingerprint density at radius 3 is 2.43 bits per heavy atom. The summed E-state index contributed by atoms with van der Waals surface area (Å²) in [5.74, 6) is 0.655. The van der Waals surface area contributed by atoms with Crippen LogP contribution in [0.15, 0.2) is 53.5 Å². The summed E-state index contributed by atoms with van der Waals surface area (Å²) in [6.45, 7) is 4.95. The van der Waals surface area contributed by atoms with Gasteiger partial charge in [0.15, 0.2) is 5.96 Å². The third kappa shape index (κ3) is 6.29. The molecule has 3 rings (SSSR count). The molecule has 2 N–H and O–H groups in total. The van der Waals surface area contributed by atoms with Crippen LogP contribution in [0.2, 0.25) is 0 Å². The molecule has 0 aliphatic carbocycles. The van der Waals surface area contributed by atoms with Gasteiger partial charge in [0.05, 0.1) is 19.0 Å². The number of sulfonamides is 1. The summed E-state index contributed by atoms with van der Waals surface area (Å²) in [5.41, 5.74) is 4.13. The van der Waals surface area contributed by atoms with Crippen LogP contribution in [0.25, 0.3) is 0 Å². The molecule has 162 valence electrons. The summed E-state index contributed by atoms with van der Waals surface area (Å²) in [7, 11) is -1.65. The topological polar surface area (TPSA) is 83.0 Å². The van der Waals surface area contributed by atoms with Crippen LogP contribution in [-0.4, -0.2) is 52.0 Å². The Morgan fingerprint density at radius 1 is 1.03 bits per heavy atom. The van der Waals surface area contributed by atoms with Crippen molar-refractivity contribution >= 4 is 16.0 Å². The van der Waals surface area contributed by atoms with Crippen LogP contribution in [0, 0.1) is 6.92 Å². The molecule has 0 unspecified atom stereocenters. The van der Waals surface area contributed by atoms with E-state index < -0.39 is 10.0 Å². The van der Waals surface area contributed by atoms with Crippen molar-refractivity contribution in [3.05, 3.63) is 70.8 Å². The van der Waals surface area contributed by atoms with Gasteiger partial charge in [0.25, 0.3) is 0 Å². The van der Waals surface area contributed by atoms with E-state index in [1.54, 1.807) is 7.05 Å². The third-order valence-electron chi connectivity index (χ3n) is 5.03. The second-order valence-electron chi connectivity index (χ2n) is 7.30. The van der Waals surface area contributed by atoms with Crippen molar-refractivity contribution in [2.24, 2.45) is 4.99 Å². The summed E-state index contributed by atoms with van der Waals surface area (Å²) in [5, 5.41) is 6.59. The molecule has 1 saturated heterocycles. The van der Waals surface area contributed by atoms with E-state index in [1.807, 2.05) is 30.3 Å². The number of ether oxygens (including phenoxy) is 1. The fourth-order valence-electron chi connectivity index (χ4n) is 3.39. The number of guanidine groups is 1. The number of benzene rings is 2. The molecule has 2 aromatic carbocycles. The van der Waals surface area contributed by atoms with E-state index in [4.69, 9.17) is 4.74 Å². The van der Waals surface area contributed by atoms with Crippen molar-refractivity contribution < 1.29 is 13.2 Å². The summed E-state index contributed by atoms with van der Waals surface area (Å²) >= 11 is 0. The van der Waals surface area contributed by atoms with Crippen molar-refractivity contribution in [1.29, 1.82) is 0 Å². The molecule has 0 saturated carbocycles. The minimum absolute atomic E-state index is 0.0137. The van der Waals surface area contributed by atoms with Crippen LogP contribution < -0.4 is 10.6 Å². The van der Waals surface area contributed by atoms with Gasteiger partial charge in [0.1, 0.15) is 0 Å². The van der Waals surface area contributed by atoms with Gasteiger partial charge in [-0.2, -0.15) is 4.31 Å². The number of nitrogens with zero attached hydrogens (tertiary/aromatic N) is 2. The van der Waals surface area contributed by atoms with Gasteiger partial charge in [-0.3, -0.25) is 4.99 Å². The first kappa shape index (κ1) is 22.3. The molecule has 0 bridgehead atoms. The Hall–Kier alpha value is -2.42. The minimum atomic E-state index is -3.37. The smallest absolute Gasteiger partial charge is 0.218 e. The van der Waals surface area contributed by atoms with E-state index >= 15 is 0 Å². The second kappa shape index (κ2) is 10.6. The predicted octanol–water partition coefficient (Wildman–Crippen LogP) is 2.02. The van der Waals surface area contributed by atoms with E-state index in [-0.39, 0.29) is 5.75 Å². The normalized spacial score (nSPS) is 15.7. The van der Waals surface area contributed by atoms with Gasteiger partial charge < -0.3 is 15.4 Å². The minimum Gasteiger partial charge on any atom is -0.379 e. The highest BCUT2D eigenvalue weighted by Crippen LogP contribution is 2.16. The van der Waals surface area contributed by atoms with E-state index in [0.717, 1.165) is 11.1 Å². The number of rotatable bonds is 7. The number of hydrogen-bond donors (Lipinski definition) is 2. The molecule has 7 nitrogen and oxygen atoms in total. The Morgan fingerprint density at radius 2 is 1.73 bits per heavy atom. The molecule has 0 amide bonds. The zero-order valence-electron chi connectivity index (χ0n) is 17.6. The molecule has 30 heavy (non-hydrogen) atoms. The van der Waals surface area contributed by atoms with Crippen molar-refractivity contribution in [3.8, 4) is 0 Å². The monoisotopic (exact) mass is 430 g/mol. The lowest BCUT2D eigenvalue weighted by Crippen LogP contribution is -2.41. The Kier molecular flexibility index (Phi) is 7.84. The molecular weight excluding hydrogens is 400 g/mol.